The number of nitrogens with one attached hydrogen (secondary N) is 1. The Bertz CT molecular complexity index is 1480. The van der Waals surface area contributed by atoms with Gasteiger partial charge in [0.15, 0.2) is 5.82 Å². The monoisotopic (exact) mass is 514 g/mol. The van der Waals surface area contributed by atoms with Gasteiger partial charge in [-0.1, -0.05) is 42.5 Å². The third-order valence-electron chi connectivity index (χ3n) is 7.28. The number of benzene rings is 3. The second-order valence-corrected chi connectivity index (χ2v) is 9.65. The molecule has 194 valence electrons. The van der Waals surface area contributed by atoms with Crippen molar-refractivity contribution in [3.8, 4) is 0 Å². The van der Waals surface area contributed by atoms with E-state index in [0.29, 0.717) is 24.3 Å². The van der Waals surface area contributed by atoms with E-state index in [1.165, 1.54) is 12.1 Å². The van der Waals surface area contributed by atoms with Gasteiger partial charge in [0.1, 0.15) is 5.82 Å². The van der Waals surface area contributed by atoms with Gasteiger partial charge in [0, 0.05) is 25.2 Å². The molecule has 38 heavy (non-hydrogen) atoms. The third-order valence-corrected chi connectivity index (χ3v) is 7.28. The molecule has 2 aliphatic heterocycles. The first-order chi connectivity index (χ1) is 18.4. The number of aromatic nitrogens is 2. The molecule has 2 aliphatic rings. The van der Waals surface area contributed by atoms with E-state index >= 15 is 0 Å². The summed E-state index contributed by atoms with van der Waals surface area (Å²) in [5.41, 5.74) is 2.18. The summed E-state index contributed by atoms with van der Waals surface area (Å²) in [5, 5.41) is 0. The highest BCUT2D eigenvalue weighted by Gasteiger charge is 2.58. The van der Waals surface area contributed by atoms with Gasteiger partial charge in [-0.25, -0.2) is 19.1 Å². The van der Waals surface area contributed by atoms with Crippen LogP contribution in [0.4, 0.5) is 14.9 Å². The molecule has 9 heteroatoms. The van der Waals surface area contributed by atoms with Gasteiger partial charge in [-0.05, 0) is 48.4 Å². The van der Waals surface area contributed by atoms with E-state index in [-0.39, 0.29) is 12.2 Å². The molecule has 4 aromatic rings. The van der Waals surface area contributed by atoms with Gasteiger partial charge >= 0.3 is 6.09 Å². The van der Waals surface area contributed by atoms with Crippen molar-refractivity contribution >= 4 is 28.7 Å². The number of amides is 2. The predicted octanol–water partition coefficient (Wildman–Crippen LogP) is 4.72. The van der Waals surface area contributed by atoms with Gasteiger partial charge in [-0.3, -0.25) is 4.79 Å². The predicted molar refractivity (Wildman–Crippen MR) is 139 cm³/mol. The van der Waals surface area contributed by atoms with E-state index in [4.69, 9.17) is 14.5 Å². The van der Waals surface area contributed by atoms with Crippen LogP contribution >= 0.6 is 0 Å². The Balaban J connectivity index is 1.41. The Labute approximate surface area is 219 Å². The molecule has 2 fully saturated rings. The highest BCUT2D eigenvalue weighted by atomic mass is 19.1. The highest BCUT2D eigenvalue weighted by molar-refractivity contribution is 6.04. The van der Waals surface area contributed by atoms with Gasteiger partial charge < -0.3 is 19.4 Å². The number of carbonyl (C=O) groups excluding carboxylic acids is 2. The van der Waals surface area contributed by atoms with Crippen molar-refractivity contribution in [2.75, 3.05) is 31.2 Å². The van der Waals surface area contributed by atoms with E-state index in [1.54, 1.807) is 19.1 Å². The van der Waals surface area contributed by atoms with Crippen LogP contribution in [0.25, 0.3) is 11.0 Å². The fourth-order valence-corrected chi connectivity index (χ4v) is 5.18. The molecule has 0 aliphatic carbocycles. The van der Waals surface area contributed by atoms with Crippen LogP contribution in [-0.2, 0) is 26.3 Å². The Morgan fingerprint density at radius 1 is 1.03 bits per heavy atom. The number of anilines is 1. The molecule has 1 aromatic heterocycles. The number of H-pyrrole nitrogens is 1. The smallest absolute Gasteiger partial charge is 0.418 e. The molecular formula is C29H27FN4O4. The van der Waals surface area contributed by atoms with Crippen molar-refractivity contribution < 1.29 is 23.5 Å². The van der Waals surface area contributed by atoms with Gasteiger partial charge in [0.2, 0.25) is 0 Å². The number of aromatic amines is 1. The maximum Gasteiger partial charge on any atom is 0.418 e. The number of ether oxygens (including phenoxy) is 2. The number of hydrogen-bond acceptors (Lipinski definition) is 6. The lowest BCUT2D eigenvalue weighted by Crippen LogP contribution is -2.42. The molecule has 0 radical (unpaired) electrons. The average molecular weight is 515 g/mol. The lowest BCUT2D eigenvalue weighted by molar-refractivity contribution is -0.139. The number of imidazole rings is 1. The van der Waals surface area contributed by atoms with Crippen molar-refractivity contribution in [2.24, 2.45) is 0 Å². The van der Waals surface area contributed by atoms with Gasteiger partial charge in [0.25, 0.3) is 11.5 Å². The van der Waals surface area contributed by atoms with E-state index in [2.05, 4.69) is 9.88 Å². The summed E-state index contributed by atoms with van der Waals surface area (Å²) < 4.78 is 24.9. The summed E-state index contributed by atoms with van der Waals surface area (Å²) in [6.07, 6.45) is -0.654. The summed E-state index contributed by atoms with van der Waals surface area (Å²) in [5.74, 6) is -0.647. The summed E-state index contributed by atoms with van der Waals surface area (Å²) in [4.78, 5) is 38.8. The first-order valence-corrected chi connectivity index (χ1v) is 12.6. The third kappa shape index (κ3) is 4.18. The molecule has 8 nitrogen and oxygen atoms in total. The van der Waals surface area contributed by atoms with Crippen LogP contribution in [0, 0.1) is 5.82 Å². The summed E-state index contributed by atoms with van der Waals surface area (Å²) in [6.45, 7) is 4.62. The number of hydrogen-bond donors (Lipinski definition) is 1. The van der Waals surface area contributed by atoms with Crippen LogP contribution < -0.4 is 4.90 Å². The van der Waals surface area contributed by atoms with Crippen LogP contribution in [-0.4, -0.2) is 53.2 Å². The molecule has 6 rings (SSSR count). The van der Waals surface area contributed by atoms with Gasteiger partial charge in [-0.2, -0.15) is 0 Å². The zero-order chi connectivity index (χ0) is 26.3. The fourth-order valence-electron chi connectivity index (χ4n) is 5.18. The van der Waals surface area contributed by atoms with Gasteiger partial charge in [-0.15, -0.1) is 0 Å². The van der Waals surface area contributed by atoms with Gasteiger partial charge in [0.05, 0.1) is 30.3 Å². The second kappa shape index (κ2) is 9.57. The molecule has 3 aromatic carbocycles. The van der Waals surface area contributed by atoms with Crippen LogP contribution in [0.3, 0.4) is 0 Å². The second-order valence-electron chi connectivity index (χ2n) is 9.65. The molecule has 3 heterocycles. The Kier molecular flexibility index (Phi) is 6.07. The van der Waals surface area contributed by atoms with Crippen LogP contribution in [0.15, 0.2) is 72.8 Å². The quantitative estimate of drug-likeness (QED) is 0.401. The minimum atomic E-state index is -1.68. The number of morpholine rings is 1. The highest BCUT2D eigenvalue weighted by Crippen LogP contribution is 2.41. The minimum absolute atomic E-state index is 0.112. The SMILES string of the molecule is C[C@H](c1ccc(F)cc1)N1C(=O)OC(Cc2ccccc2)(c2nc3cc(N4CCOCC4)ccc3[nH]2)C1=O. The molecular weight excluding hydrogens is 487 g/mol. The Hall–Kier alpha value is -4.24. The van der Waals surface area contributed by atoms with Crippen LogP contribution in [0.2, 0.25) is 0 Å². The van der Waals surface area contributed by atoms with Crippen LogP contribution in [0.1, 0.15) is 29.9 Å². The Morgan fingerprint density at radius 3 is 2.50 bits per heavy atom. The minimum Gasteiger partial charge on any atom is -0.424 e. The Morgan fingerprint density at radius 2 is 1.76 bits per heavy atom. The molecule has 1 unspecified atom stereocenters. The number of nitrogens with zero attached hydrogens (tertiary/aromatic N) is 3. The van der Waals surface area contributed by atoms with E-state index in [0.717, 1.165) is 34.8 Å². The van der Waals surface area contributed by atoms with Crippen molar-refractivity contribution in [1.82, 2.24) is 14.9 Å². The molecule has 0 saturated carbocycles. The fraction of sp³-hybridized carbons (Fsp3) is 0.276. The van der Waals surface area contributed by atoms with Crippen molar-refractivity contribution in [3.05, 3.63) is 95.6 Å². The number of cyclic esters (lactones) is 1. The zero-order valence-corrected chi connectivity index (χ0v) is 20.9. The summed E-state index contributed by atoms with van der Waals surface area (Å²) in [7, 11) is 0. The van der Waals surface area contributed by atoms with Crippen LogP contribution in [0.5, 0.6) is 0 Å². The zero-order valence-electron chi connectivity index (χ0n) is 20.9. The summed E-state index contributed by atoms with van der Waals surface area (Å²) in [6, 6.07) is 20.4. The topological polar surface area (TPSA) is 87.8 Å². The number of imide groups is 1. The first kappa shape index (κ1) is 24.1. The molecule has 1 N–H and O–H groups in total. The molecule has 2 saturated heterocycles. The molecule has 2 amide bonds. The maximum absolute atomic E-state index is 14.1. The van der Waals surface area contributed by atoms with Crippen molar-refractivity contribution in [1.29, 1.82) is 0 Å². The first-order valence-electron chi connectivity index (χ1n) is 12.6. The van der Waals surface area contributed by atoms with E-state index in [9.17, 15) is 14.0 Å². The van der Waals surface area contributed by atoms with Crippen molar-refractivity contribution in [2.45, 2.75) is 25.0 Å². The number of fused-ring (bicyclic) bond motifs is 1. The number of halogens is 1. The maximum atomic E-state index is 14.1. The normalized spacial score (nSPS) is 20.7. The van der Waals surface area contributed by atoms with E-state index in [1.807, 2.05) is 48.5 Å². The van der Waals surface area contributed by atoms with E-state index < -0.39 is 29.5 Å². The number of rotatable bonds is 6. The van der Waals surface area contributed by atoms with Crippen molar-refractivity contribution in [3.63, 3.8) is 0 Å². The lowest BCUT2D eigenvalue weighted by Gasteiger charge is -2.28. The summed E-state index contributed by atoms with van der Waals surface area (Å²) >= 11 is 0. The molecule has 2 atom stereocenters. The standard InChI is InChI=1S/C29H27FN4O4/c1-19(21-7-9-22(30)10-8-21)34-27(35)29(38-28(34)36,18-20-5-3-2-4-6-20)26-31-24-12-11-23(17-25(24)32-26)33-13-15-37-16-14-33/h2-12,17,19H,13-16,18H2,1H3,(H,31,32)/t19-,29?/m1/s1. The number of carbonyl (C=O) groups is 2. The molecule has 0 bridgehead atoms. The largest absolute Gasteiger partial charge is 0.424 e. The average Bonchev–Trinajstić information content (AvgIpc) is 3.48. The molecule has 0 spiro atoms. The lowest BCUT2D eigenvalue weighted by atomic mass is 9.92.